The maximum absolute atomic E-state index is 11.9. The van der Waals surface area contributed by atoms with Crippen LogP contribution in [0.3, 0.4) is 0 Å². The lowest BCUT2D eigenvalue weighted by Gasteiger charge is -2.19. The molecule has 1 aromatic rings. The number of carbonyl (C=O) groups excluding carboxylic acids is 1. The standard InChI is InChI=1S/C17H22N2O/c1-14(12-15-8-4-2-5-9-15)13-18-19-17(20)16-10-6-3-7-11-16/h2,4-5,8-9,12-13,16H,3,6-7,10-11H2,1H3,(H,19,20). The van der Waals surface area contributed by atoms with Crippen LogP contribution in [0, 0.1) is 5.92 Å². The van der Waals surface area contributed by atoms with Crippen LogP contribution in [-0.2, 0) is 4.79 Å². The normalized spacial score (nSPS) is 17.4. The Morgan fingerprint density at radius 1 is 1.20 bits per heavy atom. The molecule has 1 saturated carbocycles. The highest BCUT2D eigenvalue weighted by Gasteiger charge is 2.20. The first kappa shape index (κ1) is 14.5. The van der Waals surface area contributed by atoms with Gasteiger partial charge in [0, 0.05) is 5.92 Å². The first-order chi connectivity index (χ1) is 9.75. The summed E-state index contributed by atoms with van der Waals surface area (Å²) in [5.74, 6) is 0.216. The SMILES string of the molecule is CC(C=NNC(=O)C1CCCCC1)=Cc1ccccc1. The molecular weight excluding hydrogens is 248 g/mol. The third-order valence-corrected chi connectivity index (χ3v) is 3.61. The molecule has 0 atom stereocenters. The average molecular weight is 270 g/mol. The van der Waals surface area contributed by atoms with Crippen molar-refractivity contribution < 1.29 is 4.79 Å². The summed E-state index contributed by atoms with van der Waals surface area (Å²) in [6.07, 6.45) is 9.32. The van der Waals surface area contributed by atoms with Gasteiger partial charge in [0.05, 0.1) is 6.21 Å². The molecule has 0 heterocycles. The molecule has 0 saturated heterocycles. The Morgan fingerprint density at radius 3 is 2.60 bits per heavy atom. The zero-order chi connectivity index (χ0) is 14.2. The molecule has 0 radical (unpaired) electrons. The van der Waals surface area contributed by atoms with E-state index in [0.717, 1.165) is 36.8 Å². The van der Waals surface area contributed by atoms with Crippen LogP contribution in [0.1, 0.15) is 44.6 Å². The molecule has 1 aliphatic rings. The fraction of sp³-hybridized carbons (Fsp3) is 0.412. The Labute approximate surface area is 120 Å². The van der Waals surface area contributed by atoms with Gasteiger partial charge in [0.2, 0.25) is 5.91 Å². The molecule has 0 spiro atoms. The molecule has 1 aromatic carbocycles. The molecule has 3 heteroatoms. The number of amides is 1. The summed E-state index contributed by atoms with van der Waals surface area (Å²) in [7, 11) is 0. The second-order valence-electron chi connectivity index (χ2n) is 5.37. The van der Waals surface area contributed by atoms with Crippen LogP contribution in [0.5, 0.6) is 0 Å². The van der Waals surface area contributed by atoms with E-state index in [0.29, 0.717) is 0 Å². The fourth-order valence-electron chi connectivity index (χ4n) is 2.50. The van der Waals surface area contributed by atoms with Gasteiger partial charge in [-0.3, -0.25) is 4.79 Å². The van der Waals surface area contributed by atoms with E-state index in [2.05, 4.69) is 10.5 Å². The maximum atomic E-state index is 11.9. The number of nitrogens with zero attached hydrogens (tertiary/aromatic N) is 1. The van der Waals surface area contributed by atoms with Gasteiger partial charge >= 0.3 is 0 Å². The van der Waals surface area contributed by atoms with E-state index in [4.69, 9.17) is 0 Å². The summed E-state index contributed by atoms with van der Waals surface area (Å²) in [5.41, 5.74) is 4.81. The molecule has 20 heavy (non-hydrogen) atoms. The third-order valence-electron chi connectivity index (χ3n) is 3.61. The lowest BCUT2D eigenvalue weighted by Crippen LogP contribution is -2.28. The summed E-state index contributed by atoms with van der Waals surface area (Å²) in [5, 5.41) is 4.05. The zero-order valence-electron chi connectivity index (χ0n) is 12.0. The molecule has 0 aliphatic heterocycles. The van der Waals surface area contributed by atoms with Gasteiger partial charge in [-0.2, -0.15) is 5.10 Å². The van der Waals surface area contributed by atoms with Crippen molar-refractivity contribution in [3.63, 3.8) is 0 Å². The number of hydrazone groups is 1. The molecule has 3 nitrogen and oxygen atoms in total. The van der Waals surface area contributed by atoms with Crippen LogP contribution in [0.25, 0.3) is 6.08 Å². The number of hydrogen-bond acceptors (Lipinski definition) is 2. The van der Waals surface area contributed by atoms with Gasteiger partial charge < -0.3 is 0 Å². The van der Waals surface area contributed by atoms with E-state index in [9.17, 15) is 4.79 Å². The molecule has 0 unspecified atom stereocenters. The van der Waals surface area contributed by atoms with Crippen molar-refractivity contribution in [2.45, 2.75) is 39.0 Å². The number of hydrogen-bond donors (Lipinski definition) is 1. The van der Waals surface area contributed by atoms with Gasteiger partial charge in [-0.15, -0.1) is 0 Å². The minimum Gasteiger partial charge on any atom is -0.273 e. The predicted octanol–water partition coefficient (Wildman–Crippen LogP) is 3.77. The van der Waals surface area contributed by atoms with Crippen molar-refractivity contribution in [1.82, 2.24) is 5.43 Å². The van der Waals surface area contributed by atoms with Gasteiger partial charge in [0.15, 0.2) is 0 Å². The Balaban J connectivity index is 1.83. The summed E-state index contributed by atoms with van der Waals surface area (Å²) in [6.45, 7) is 1.98. The van der Waals surface area contributed by atoms with Gasteiger partial charge in [0.1, 0.15) is 0 Å². The molecule has 1 aliphatic carbocycles. The summed E-state index contributed by atoms with van der Waals surface area (Å²) < 4.78 is 0. The van der Waals surface area contributed by atoms with Gasteiger partial charge in [0.25, 0.3) is 0 Å². The largest absolute Gasteiger partial charge is 0.273 e. The second-order valence-corrected chi connectivity index (χ2v) is 5.37. The summed E-state index contributed by atoms with van der Waals surface area (Å²) in [4.78, 5) is 11.9. The molecule has 1 N–H and O–H groups in total. The lowest BCUT2D eigenvalue weighted by atomic mass is 9.89. The number of benzene rings is 1. The third kappa shape index (κ3) is 4.65. The smallest absolute Gasteiger partial charge is 0.243 e. The van der Waals surface area contributed by atoms with Gasteiger partial charge in [-0.05, 0) is 30.9 Å². The van der Waals surface area contributed by atoms with Crippen LogP contribution < -0.4 is 5.43 Å². The van der Waals surface area contributed by atoms with Crippen molar-refractivity contribution in [2.75, 3.05) is 0 Å². The molecule has 1 amide bonds. The lowest BCUT2D eigenvalue weighted by molar-refractivity contribution is -0.125. The minimum absolute atomic E-state index is 0.0634. The van der Waals surface area contributed by atoms with E-state index < -0.39 is 0 Å². The van der Waals surface area contributed by atoms with Crippen LogP contribution in [0.2, 0.25) is 0 Å². The van der Waals surface area contributed by atoms with E-state index in [-0.39, 0.29) is 11.8 Å². The molecule has 0 aromatic heterocycles. The van der Waals surface area contributed by atoms with E-state index >= 15 is 0 Å². The molecule has 0 bridgehead atoms. The monoisotopic (exact) mass is 270 g/mol. The Morgan fingerprint density at radius 2 is 1.90 bits per heavy atom. The molecular formula is C17H22N2O. The highest BCUT2D eigenvalue weighted by Crippen LogP contribution is 2.23. The summed E-state index contributed by atoms with van der Waals surface area (Å²) >= 11 is 0. The van der Waals surface area contributed by atoms with E-state index in [1.54, 1.807) is 6.21 Å². The number of carbonyl (C=O) groups is 1. The van der Waals surface area contributed by atoms with Crippen molar-refractivity contribution in [3.8, 4) is 0 Å². The second kappa shape index (κ2) is 7.63. The molecule has 2 rings (SSSR count). The summed E-state index contributed by atoms with van der Waals surface area (Å²) in [6, 6.07) is 10.1. The topological polar surface area (TPSA) is 41.5 Å². The average Bonchev–Trinajstić information content (AvgIpc) is 2.49. The highest BCUT2D eigenvalue weighted by atomic mass is 16.2. The molecule has 106 valence electrons. The van der Waals surface area contributed by atoms with Crippen LogP contribution in [-0.4, -0.2) is 12.1 Å². The number of nitrogens with one attached hydrogen (secondary N) is 1. The van der Waals surface area contributed by atoms with Gasteiger partial charge in [-0.1, -0.05) is 55.7 Å². The first-order valence-corrected chi connectivity index (χ1v) is 7.32. The van der Waals surface area contributed by atoms with Crippen LogP contribution in [0.4, 0.5) is 0 Å². The quantitative estimate of drug-likeness (QED) is 0.656. The van der Waals surface area contributed by atoms with E-state index in [1.165, 1.54) is 6.42 Å². The predicted molar refractivity (Wildman–Crippen MR) is 83.3 cm³/mol. The Kier molecular flexibility index (Phi) is 5.54. The van der Waals surface area contributed by atoms with Crippen LogP contribution in [0.15, 0.2) is 41.0 Å². The van der Waals surface area contributed by atoms with Gasteiger partial charge in [-0.25, -0.2) is 5.43 Å². The fourth-order valence-corrected chi connectivity index (χ4v) is 2.50. The van der Waals surface area contributed by atoms with Crippen LogP contribution >= 0.6 is 0 Å². The molecule has 1 fully saturated rings. The zero-order valence-corrected chi connectivity index (χ0v) is 12.0. The first-order valence-electron chi connectivity index (χ1n) is 7.32. The number of allylic oxidation sites excluding steroid dienone is 1. The van der Waals surface area contributed by atoms with Crippen molar-refractivity contribution in [2.24, 2.45) is 11.0 Å². The highest BCUT2D eigenvalue weighted by molar-refractivity contribution is 5.86. The van der Waals surface area contributed by atoms with Crippen molar-refractivity contribution in [1.29, 1.82) is 0 Å². The number of rotatable bonds is 4. The Hall–Kier alpha value is -1.90. The minimum atomic E-state index is 0.0634. The maximum Gasteiger partial charge on any atom is 0.243 e. The van der Waals surface area contributed by atoms with Crippen molar-refractivity contribution >= 4 is 18.2 Å². The Bertz CT molecular complexity index is 485. The van der Waals surface area contributed by atoms with Crippen molar-refractivity contribution in [3.05, 3.63) is 41.5 Å². The van der Waals surface area contributed by atoms with E-state index in [1.807, 2.05) is 43.3 Å².